The molecule has 0 N–H and O–H groups in total. The van der Waals surface area contributed by atoms with Crippen LogP contribution in [-0.2, 0) is 42.9 Å². The fourth-order valence-corrected chi connectivity index (χ4v) is 3.10. The fraction of sp³-hybridized carbons (Fsp3) is 0.632. The van der Waals surface area contributed by atoms with Crippen molar-refractivity contribution in [3.05, 3.63) is 11.6 Å². The van der Waals surface area contributed by atoms with Crippen LogP contribution >= 0.6 is 0 Å². The zero-order valence-electron chi connectivity index (χ0n) is 16.5. The van der Waals surface area contributed by atoms with Crippen molar-refractivity contribution in [3.63, 3.8) is 0 Å². The van der Waals surface area contributed by atoms with Crippen LogP contribution < -0.4 is 0 Å². The molecule has 0 spiro atoms. The van der Waals surface area contributed by atoms with Gasteiger partial charge in [-0.15, -0.1) is 0 Å². The summed E-state index contributed by atoms with van der Waals surface area (Å²) in [5.41, 5.74) is 0.305. The van der Waals surface area contributed by atoms with Gasteiger partial charge in [-0.1, -0.05) is 5.57 Å². The van der Waals surface area contributed by atoms with Crippen molar-refractivity contribution in [1.29, 1.82) is 0 Å². The molecular weight excluding hydrogens is 372 g/mol. The standard InChI is InChI=1S/C19H26O9/c1-5-26-17(22)15-12(20)10-11(8-9-13(21)25-4)14(15)16(18(23)27-6-2)19(24)28-7-3/h10,14-16H,5-9H2,1-4H3/t14-,15-/m0/s1. The first-order valence-electron chi connectivity index (χ1n) is 9.13. The predicted molar refractivity (Wildman–Crippen MR) is 94.7 cm³/mol. The molecular formula is C19H26O9. The topological polar surface area (TPSA) is 122 Å². The van der Waals surface area contributed by atoms with Gasteiger partial charge in [-0.25, -0.2) is 0 Å². The molecule has 0 bridgehead atoms. The number of methoxy groups -OCH3 is 1. The molecule has 0 fully saturated rings. The van der Waals surface area contributed by atoms with Crippen molar-refractivity contribution in [2.45, 2.75) is 33.6 Å². The van der Waals surface area contributed by atoms with Crippen molar-refractivity contribution in [2.24, 2.45) is 17.8 Å². The molecule has 0 unspecified atom stereocenters. The first-order chi connectivity index (χ1) is 13.3. The van der Waals surface area contributed by atoms with E-state index in [1.165, 1.54) is 13.2 Å². The molecule has 1 aliphatic carbocycles. The summed E-state index contributed by atoms with van der Waals surface area (Å²) >= 11 is 0. The molecule has 2 atom stereocenters. The van der Waals surface area contributed by atoms with Crippen LogP contribution in [-0.4, -0.2) is 56.6 Å². The molecule has 28 heavy (non-hydrogen) atoms. The first-order valence-corrected chi connectivity index (χ1v) is 9.13. The average Bonchev–Trinajstić information content (AvgIpc) is 2.96. The van der Waals surface area contributed by atoms with E-state index in [1.54, 1.807) is 20.8 Å². The normalized spacial score (nSPS) is 18.5. The molecule has 156 valence electrons. The number of esters is 4. The second-order valence-corrected chi connectivity index (χ2v) is 5.94. The number of allylic oxidation sites excluding steroid dienone is 2. The maximum Gasteiger partial charge on any atom is 0.320 e. The molecule has 0 amide bonds. The summed E-state index contributed by atoms with van der Waals surface area (Å²) in [5.74, 6) is -7.83. The lowest BCUT2D eigenvalue weighted by Gasteiger charge is -2.26. The van der Waals surface area contributed by atoms with E-state index < -0.39 is 47.4 Å². The molecule has 0 saturated carbocycles. The highest BCUT2D eigenvalue weighted by Crippen LogP contribution is 2.40. The number of ether oxygens (including phenoxy) is 4. The number of carbonyl (C=O) groups excluding carboxylic acids is 5. The van der Waals surface area contributed by atoms with E-state index >= 15 is 0 Å². The van der Waals surface area contributed by atoms with Crippen molar-refractivity contribution in [1.82, 2.24) is 0 Å². The highest BCUT2D eigenvalue weighted by molar-refractivity contribution is 6.10. The second kappa shape index (κ2) is 11.2. The molecule has 0 aliphatic heterocycles. The minimum absolute atomic E-state index is 0.000681. The van der Waals surface area contributed by atoms with Crippen LogP contribution in [0.3, 0.4) is 0 Å². The largest absolute Gasteiger partial charge is 0.469 e. The summed E-state index contributed by atoms with van der Waals surface area (Å²) in [6, 6.07) is 0. The molecule has 9 nitrogen and oxygen atoms in total. The Hall–Kier alpha value is -2.71. The van der Waals surface area contributed by atoms with Gasteiger partial charge in [-0.05, 0) is 33.3 Å². The molecule has 1 aliphatic rings. The van der Waals surface area contributed by atoms with E-state index in [4.69, 9.17) is 14.2 Å². The Morgan fingerprint density at radius 1 is 0.964 bits per heavy atom. The summed E-state index contributed by atoms with van der Waals surface area (Å²) in [6.07, 6.45) is 1.13. The lowest BCUT2D eigenvalue weighted by atomic mass is 9.78. The quantitative estimate of drug-likeness (QED) is 0.301. The fourth-order valence-electron chi connectivity index (χ4n) is 3.10. The zero-order valence-corrected chi connectivity index (χ0v) is 16.5. The smallest absolute Gasteiger partial charge is 0.320 e. The SMILES string of the molecule is CCOC(=O)C(C(=O)OCC)[C@H]1C(CCC(=O)OC)=CC(=O)[C@@H]1C(=O)OCC. The minimum Gasteiger partial charge on any atom is -0.469 e. The Morgan fingerprint density at radius 2 is 1.50 bits per heavy atom. The van der Waals surface area contributed by atoms with Gasteiger partial charge in [0.05, 0.1) is 26.9 Å². The van der Waals surface area contributed by atoms with Crippen LogP contribution in [0.5, 0.6) is 0 Å². The number of hydrogen-bond donors (Lipinski definition) is 0. The van der Waals surface area contributed by atoms with Gasteiger partial charge in [-0.3, -0.25) is 24.0 Å². The van der Waals surface area contributed by atoms with E-state index in [2.05, 4.69) is 4.74 Å². The second-order valence-electron chi connectivity index (χ2n) is 5.94. The van der Waals surface area contributed by atoms with Gasteiger partial charge >= 0.3 is 23.9 Å². The average molecular weight is 398 g/mol. The Morgan fingerprint density at radius 3 is 1.96 bits per heavy atom. The zero-order chi connectivity index (χ0) is 21.3. The summed E-state index contributed by atoms with van der Waals surface area (Å²) in [6.45, 7) is 4.73. The molecule has 0 saturated heterocycles. The monoisotopic (exact) mass is 398 g/mol. The number of hydrogen-bond acceptors (Lipinski definition) is 9. The van der Waals surface area contributed by atoms with Crippen LogP contribution in [0.25, 0.3) is 0 Å². The number of carbonyl (C=O) groups is 5. The van der Waals surface area contributed by atoms with E-state index in [9.17, 15) is 24.0 Å². The van der Waals surface area contributed by atoms with Gasteiger partial charge in [0.15, 0.2) is 11.7 Å². The summed E-state index contributed by atoms with van der Waals surface area (Å²) in [4.78, 5) is 61.4. The predicted octanol–water partition coefficient (Wildman–Crippen LogP) is 0.987. The first kappa shape index (κ1) is 23.3. The Kier molecular flexibility index (Phi) is 9.34. The summed E-state index contributed by atoms with van der Waals surface area (Å²) in [7, 11) is 1.22. The summed E-state index contributed by atoms with van der Waals surface area (Å²) < 4.78 is 19.5. The third-order valence-corrected chi connectivity index (χ3v) is 4.25. The molecule has 0 aromatic rings. The van der Waals surface area contributed by atoms with Crippen LogP contribution in [0, 0.1) is 17.8 Å². The van der Waals surface area contributed by atoms with E-state index in [0.717, 1.165) is 0 Å². The molecule has 0 radical (unpaired) electrons. The lowest BCUT2D eigenvalue weighted by molar-refractivity contribution is -0.166. The van der Waals surface area contributed by atoms with E-state index in [0.29, 0.717) is 5.57 Å². The van der Waals surface area contributed by atoms with Crippen LogP contribution in [0.1, 0.15) is 33.6 Å². The molecule has 0 aromatic carbocycles. The molecule has 0 heterocycles. The highest BCUT2D eigenvalue weighted by Gasteiger charge is 2.52. The van der Waals surface area contributed by atoms with Crippen LogP contribution in [0.15, 0.2) is 11.6 Å². The molecule has 9 heteroatoms. The van der Waals surface area contributed by atoms with E-state index in [-0.39, 0.29) is 32.7 Å². The van der Waals surface area contributed by atoms with Gasteiger partial charge in [0, 0.05) is 12.3 Å². The number of ketones is 1. The van der Waals surface area contributed by atoms with Crippen molar-refractivity contribution >= 4 is 29.7 Å². The van der Waals surface area contributed by atoms with Crippen molar-refractivity contribution < 1.29 is 42.9 Å². The Labute approximate surface area is 163 Å². The lowest BCUT2D eigenvalue weighted by Crippen LogP contribution is -2.41. The van der Waals surface area contributed by atoms with Crippen molar-refractivity contribution in [3.8, 4) is 0 Å². The number of rotatable bonds is 10. The van der Waals surface area contributed by atoms with Gasteiger partial charge < -0.3 is 18.9 Å². The minimum atomic E-state index is -1.52. The maximum atomic E-state index is 12.5. The van der Waals surface area contributed by atoms with Gasteiger partial charge in [-0.2, -0.15) is 0 Å². The molecule has 0 aromatic heterocycles. The van der Waals surface area contributed by atoms with Gasteiger partial charge in [0.2, 0.25) is 0 Å². The third-order valence-electron chi connectivity index (χ3n) is 4.25. The van der Waals surface area contributed by atoms with Crippen LogP contribution in [0.4, 0.5) is 0 Å². The Balaban J connectivity index is 3.33. The third kappa shape index (κ3) is 5.64. The van der Waals surface area contributed by atoms with Crippen molar-refractivity contribution in [2.75, 3.05) is 26.9 Å². The van der Waals surface area contributed by atoms with Gasteiger partial charge in [0.25, 0.3) is 0 Å². The van der Waals surface area contributed by atoms with Crippen LogP contribution in [0.2, 0.25) is 0 Å². The van der Waals surface area contributed by atoms with E-state index in [1.807, 2.05) is 0 Å². The maximum absolute atomic E-state index is 12.5. The van der Waals surface area contributed by atoms with Gasteiger partial charge in [0.1, 0.15) is 5.92 Å². The molecule has 1 rings (SSSR count). The summed E-state index contributed by atoms with van der Waals surface area (Å²) in [5, 5.41) is 0. The highest BCUT2D eigenvalue weighted by atomic mass is 16.6. The Bertz CT molecular complexity index is 632.